The molecule has 13 heavy (non-hydrogen) atoms. The topological polar surface area (TPSA) is 74.8 Å². The van der Waals surface area contributed by atoms with Gasteiger partial charge in [0.25, 0.3) is 5.95 Å². The monoisotopic (exact) mass is 245 g/mol. The maximum Gasteiger partial charge on any atom is 0.272 e. The van der Waals surface area contributed by atoms with E-state index in [-0.39, 0.29) is 5.91 Å². The highest BCUT2D eigenvalue weighted by molar-refractivity contribution is 9.09. The number of carbonyl (C=O) groups excluding carboxylic acids is 1. The Morgan fingerprint density at radius 1 is 1.69 bits per heavy atom. The molecule has 0 saturated carbocycles. The lowest BCUT2D eigenvalue weighted by Gasteiger charge is -2.09. The zero-order valence-corrected chi connectivity index (χ0v) is 8.36. The van der Waals surface area contributed by atoms with E-state index in [1.165, 1.54) is 0 Å². The molecule has 1 fully saturated rings. The summed E-state index contributed by atoms with van der Waals surface area (Å²) in [6.45, 7) is 0.670. The number of amides is 1. The van der Waals surface area contributed by atoms with Crippen molar-refractivity contribution in [2.45, 2.75) is 6.42 Å². The van der Waals surface area contributed by atoms with E-state index in [4.69, 9.17) is 0 Å². The van der Waals surface area contributed by atoms with Crippen molar-refractivity contribution in [2.75, 3.05) is 16.8 Å². The number of carbonyl (C=O) groups is 1. The number of alkyl halides is 1. The third-order valence-electron chi connectivity index (χ3n) is 2.00. The van der Waals surface area contributed by atoms with E-state index >= 15 is 0 Å². The van der Waals surface area contributed by atoms with Gasteiger partial charge < -0.3 is 0 Å². The Morgan fingerprint density at radius 2 is 2.54 bits per heavy atom. The lowest BCUT2D eigenvalue weighted by molar-refractivity contribution is -0.117. The van der Waals surface area contributed by atoms with Crippen molar-refractivity contribution in [3.63, 3.8) is 0 Å². The van der Waals surface area contributed by atoms with E-state index in [2.05, 4.69) is 36.6 Å². The summed E-state index contributed by atoms with van der Waals surface area (Å²) in [6.07, 6.45) is 0.555. The molecule has 1 aromatic heterocycles. The van der Waals surface area contributed by atoms with Gasteiger partial charge in [-0.3, -0.25) is 9.69 Å². The van der Waals surface area contributed by atoms with E-state index in [0.29, 0.717) is 24.8 Å². The fourth-order valence-electron chi connectivity index (χ4n) is 1.35. The van der Waals surface area contributed by atoms with Crippen LogP contribution in [0, 0.1) is 5.92 Å². The van der Waals surface area contributed by atoms with Gasteiger partial charge in [-0.05, 0) is 11.1 Å². The van der Waals surface area contributed by atoms with E-state index in [1.54, 1.807) is 4.90 Å². The van der Waals surface area contributed by atoms with Gasteiger partial charge in [0.15, 0.2) is 0 Å². The molecule has 0 aliphatic carbocycles. The second-order valence-electron chi connectivity index (χ2n) is 2.94. The summed E-state index contributed by atoms with van der Waals surface area (Å²) in [5.41, 5.74) is 0. The van der Waals surface area contributed by atoms with Crippen LogP contribution in [0.5, 0.6) is 0 Å². The Labute approximate surface area is 82.8 Å². The van der Waals surface area contributed by atoms with Crippen LogP contribution in [0.15, 0.2) is 0 Å². The number of nitrogens with zero attached hydrogens (tertiary/aromatic N) is 4. The first kappa shape index (κ1) is 8.61. The smallest absolute Gasteiger partial charge is 0.272 e. The number of H-pyrrole nitrogens is 1. The molecule has 0 aromatic carbocycles. The van der Waals surface area contributed by atoms with Crippen molar-refractivity contribution >= 4 is 27.8 Å². The Kier molecular flexibility index (Phi) is 2.26. The van der Waals surface area contributed by atoms with Crippen molar-refractivity contribution in [3.05, 3.63) is 0 Å². The Hall–Kier alpha value is -0.980. The second-order valence-corrected chi connectivity index (χ2v) is 3.59. The summed E-state index contributed by atoms with van der Waals surface area (Å²) in [4.78, 5) is 13.0. The molecule has 2 heterocycles. The minimum atomic E-state index is 0.0610. The molecule has 70 valence electrons. The van der Waals surface area contributed by atoms with Crippen LogP contribution in [0.3, 0.4) is 0 Å². The number of hydrogen-bond donors (Lipinski definition) is 1. The number of tetrazole rings is 1. The highest BCUT2D eigenvalue weighted by atomic mass is 79.9. The standard InChI is InChI=1S/C6H8BrN5O/c7-2-4-1-5(13)12(3-4)6-8-10-11-9-6/h4H,1-3H2,(H,8,9,10,11). The molecular formula is C6H8BrN5O. The molecule has 1 aromatic rings. The molecule has 6 nitrogen and oxygen atoms in total. The van der Waals surface area contributed by atoms with Crippen molar-refractivity contribution < 1.29 is 4.79 Å². The van der Waals surface area contributed by atoms with Crippen LogP contribution >= 0.6 is 15.9 Å². The number of anilines is 1. The van der Waals surface area contributed by atoms with Gasteiger partial charge >= 0.3 is 0 Å². The van der Waals surface area contributed by atoms with Gasteiger partial charge in [-0.2, -0.15) is 5.21 Å². The van der Waals surface area contributed by atoms with Crippen molar-refractivity contribution in [3.8, 4) is 0 Å². The first-order valence-electron chi connectivity index (χ1n) is 3.91. The van der Waals surface area contributed by atoms with E-state index < -0.39 is 0 Å². The fourth-order valence-corrected chi connectivity index (χ4v) is 1.78. The Balaban J connectivity index is 2.14. The number of nitrogens with one attached hydrogen (secondary N) is 1. The van der Waals surface area contributed by atoms with Gasteiger partial charge in [0.2, 0.25) is 5.91 Å². The molecular weight excluding hydrogens is 238 g/mol. The van der Waals surface area contributed by atoms with Crippen LogP contribution < -0.4 is 4.90 Å². The normalized spacial score (nSPS) is 22.7. The number of halogens is 1. The Morgan fingerprint density at radius 3 is 3.08 bits per heavy atom. The summed E-state index contributed by atoms with van der Waals surface area (Å²) >= 11 is 3.35. The molecule has 1 aliphatic rings. The number of rotatable bonds is 2. The second kappa shape index (κ2) is 3.41. The summed E-state index contributed by atoms with van der Waals surface area (Å²) in [6, 6.07) is 0. The molecule has 1 N–H and O–H groups in total. The highest BCUT2D eigenvalue weighted by Gasteiger charge is 2.31. The summed E-state index contributed by atoms with van der Waals surface area (Å²) < 4.78 is 0. The van der Waals surface area contributed by atoms with Crippen molar-refractivity contribution in [1.29, 1.82) is 0 Å². The predicted octanol–water partition coefficient (Wildman–Crippen LogP) is -0.0525. The van der Waals surface area contributed by atoms with Gasteiger partial charge in [-0.1, -0.05) is 21.0 Å². The van der Waals surface area contributed by atoms with Crippen molar-refractivity contribution in [1.82, 2.24) is 20.6 Å². The first-order chi connectivity index (χ1) is 6.31. The van der Waals surface area contributed by atoms with Crippen LogP contribution in [-0.2, 0) is 4.79 Å². The lowest BCUT2D eigenvalue weighted by atomic mass is 10.2. The molecule has 0 spiro atoms. The summed E-state index contributed by atoms with van der Waals surface area (Å²) in [5, 5.41) is 14.1. The molecule has 2 rings (SSSR count). The average Bonchev–Trinajstić information content (AvgIpc) is 2.72. The van der Waals surface area contributed by atoms with E-state index in [0.717, 1.165) is 5.33 Å². The van der Waals surface area contributed by atoms with Gasteiger partial charge in [0, 0.05) is 18.3 Å². The van der Waals surface area contributed by atoms with Crippen LogP contribution in [0.1, 0.15) is 6.42 Å². The summed E-state index contributed by atoms with van der Waals surface area (Å²) in [7, 11) is 0. The quantitative estimate of drug-likeness (QED) is 0.742. The maximum absolute atomic E-state index is 11.4. The maximum atomic E-state index is 11.4. The van der Waals surface area contributed by atoms with Crippen LogP contribution in [0.4, 0.5) is 5.95 Å². The van der Waals surface area contributed by atoms with Crippen molar-refractivity contribution in [2.24, 2.45) is 5.92 Å². The molecule has 1 saturated heterocycles. The highest BCUT2D eigenvalue weighted by Crippen LogP contribution is 2.22. The zero-order chi connectivity index (χ0) is 9.26. The van der Waals surface area contributed by atoms with Gasteiger partial charge in [0.1, 0.15) is 0 Å². The van der Waals surface area contributed by atoms with Gasteiger partial charge in [-0.15, -0.1) is 5.10 Å². The predicted molar refractivity (Wildman–Crippen MR) is 48.4 cm³/mol. The number of aromatic amines is 1. The molecule has 0 bridgehead atoms. The third kappa shape index (κ3) is 1.55. The molecule has 1 aliphatic heterocycles. The van der Waals surface area contributed by atoms with Crippen LogP contribution in [0.25, 0.3) is 0 Å². The lowest BCUT2D eigenvalue weighted by Crippen LogP contribution is -2.25. The van der Waals surface area contributed by atoms with E-state index in [1.807, 2.05) is 0 Å². The minimum absolute atomic E-state index is 0.0610. The largest absolute Gasteiger partial charge is 0.278 e. The minimum Gasteiger partial charge on any atom is -0.278 e. The van der Waals surface area contributed by atoms with Crippen LogP contribution in [0.2, 0.25) is 0 Å². The van der Waals surface area contributed by atoms with Gasteiger partial charge in [-0.25, -0.2) is 0 Å². The SMILES string of the molecule is O=C1CC(CBr)CN1c1nn[nH]n1. The third-order valence-corrected chi connectivity index (χ3v) is 2.91. The molecule has 1 amide bonds. The molecule has 1 unspecified atom stereocenters. The van der Waals surface area contributed by atoms with E-state index in [9.17, 15) is 4.79 Å². The fraction of sp³-hybridized carbons (Fsp3) is 0.667. The van der Waals surface area contributed by atoms with Gasteiger partial charge in [0.05, 0.1) is 0 Å². The Bertz CT molecular complexity index is 300. The van der Waals surface area contributed by atoms with Crippen LogP contribution in [-0.4, -0.2) is 38.4 Å². The number of hydrogen-bond acceptors (Lipinski definition) is 4. The first-order valence-corrected chi connectivity index (χ1v) is 5.03. The molecule has 7 heteroatoms. The number of aromatic nitrogens is 4. The molecule has 1 atom stereocenters. The summed E-state index contributed by atoms with van der Waals surface area (Å²) in [5.74, 6) is 0.783. The average molecular weight is 246 g/mol. The zero-order valence-electron chi connectivity index (χ0n) is 6.77. The molecule has 0 radical (unpaired) electrons.